The van der Waals surface area contributed by atoms with Crippen LogP contribution in [0.15, 0.2) is 0 Å². The van der Waals surface area contributed by atoms with Gasteiger partial charge < -0.3 is 4.90 Å². The first kappa shape index (κ1) is 24.7. The molecule has 0 unspecified atom stereocenters. The van der Waals surface area contributed by atoms with E-state index in [1.807, 2.05) is 0 Å². The van der Waals surface area contributed by atoms with Crippen LogP contribution in [0.25, 0.3) is 0 Å². The van der Waals surface area contributed by atoms with Crippen molar-refractivity contribution in [3.8, 4) is 0 Å². The van der Waals surface area contributed by atoms with Crippen molar-refractivity contribution in [1.82, 2.24) is 4.90 Å². The lowest BCUT2D eigenvalue weighted by Crippen LogP contribution is -2.18. The van der Waals surface area contributed by atoms with Gasteiger partial charge >= 0.3 is 0 Å². The van der Waals surface area contributed by atoms with Gasteiger partial charge in [0, 0.05) is 18.3 Å². The first-order chi connectivity index (χ1) is 7.31. The number of hydrogen-bond acceptors (Lipinski definition) is 1. The average Bonchev–Trinajstić information content (AvgIpc) is 2.33. The highest BCUT2D eigenvalue weighted by molar-refractivity contribution is 4.48. The van der Waals surface area contributed by atoms with Crippen LogP contribution in [0.2, 0.25) is 0 Å². The van der Waals surface area contributed by atoms with Crippen LogP contribution < -0.4 is 0 Å². The lowest BCUT2D eigenvalue weighted by Gasteiger charge is -2.12. The summed E-state index contributed by atoms with van der Waals surface area (Å²) in [4.78, 5) is 2.38. The van der Waals surface area contributed by atoms with E-state index < -0.39 is 0 Å². The summed E-state index contributed by atoms with van der Waals surface area (Å²) in [5.41, 5.74) is 0. The van der Waals surface area contributed by atoms with E-state index in [1.165, 1.54) is 45.2 Å². The molecular weight excluding hydrogens is 229 g/mol. The van der Waals surface area contributed by atoms with Gasteiger partial charge in [0.2, 0.25) is 0 Å². The largest absolute Gasteiger partial charge is 0.307 e. The molecule has 0 saturated carbocycles. The monoisotopic (exact) mass is 253 g/mol. The first-order valence-electron chi connectivity index (χ1n) is 5.28. The molecule has 0 aromatic heterocycles. The zero-order chi connectivity index (χ0) is 12.5. The van der Waals surface area contributed by atoms with Crippen LogP contribution >= 0.6 is 0 Å². The summed E-state index contributed by atoms with van der Waals surface area (Å²) < 4.78 is 32.0. The Kier molecular flexibility index (Phi) is 45.3. The zero-order valence-corrected chi connectivity index (χ0v) is 10.3. The molecule has 0 aromatic rings. The minimum atomic E-state index is 0. The van der Waals surface area contributed by atoms with Crippen LogP contribution in [-0.4, -0.2) is 25.0 Å². The van der Waals surface area contributed by atoms with Gasteiger partial charge in [0.05, 0.1) is 0 Å². The summed E-state index contributed by atoms with van der Waals surface area (Å²) in [6.07, 6.45) is 6.98. The van der Waals surface area contributed by atoms with E-state index in [0.29, 0.717) is 0 Å². The SMILES string of the molecule is CCCCCCCN(C)CC.F.FF.FF. The smallest absolute Gasteiger partial charge is 0 e. The Morgan fingerprint density at radius 1 is 0.812 bits per heavy atom. The molecule has 0 spiro atoms. The molecule has 0 aliphatic rings. The quantitative estimate of drug-likeness (QED) is 0.468. The summed E-state index contributed by atoms with van der Waals surface area (Å²) in [5, 5.41) is 0. The van der Waals surface area contributed by atoms with Crippen LogP contribution in [0, 0.1) is 0 Å². The highest BCUT2D eigenvalue weighted by Gasteiger charge is 1.93. The van der Waals surface area contributed by atoms with Gasteiger partial charge in [0.25, 0.3) is 0 Å². The average molecular weight is 253 g/mol. The minimum absolute atomic E-state index is 0. The van der Waals surface area contributed by atoms with Crippen molar-refractivity contribution in [2.75, 3.05) is 20.1 Å². The Bertz CT molecular complexity index is 85.6. The molecule has 104 valence electrons. The molecule has 0 amide bonds. The topological polar surface area (TPSA) is 3.24 Å². The van der Waals surface area contributed by atoms with E-state index >= 15 is 0 Å². The molecule has 0 aliphatic carbocycles. The third-order valence-corrected chi connectivity index (χ3v) is 2.18. The van der Waals surface area contributed by atoms with E-state index in [1.54, 1.807) is 0 Å². The summed E-state index contributed by atoms with van der Waals surface area (Å²) in [7, 11) is 2.19. The summed E-state index contributed by atoms with van der Waals surface area (Å²) in [6, 6.07) is 0. The van der Waals surface area contributed by atoms with Gasteiger partial charge in [-0.1, -0.05) is 39.5 Å². The van der Waals surface area contributed by atoms with Crippen molar-refractivity contribution in [2.45, 2.75) is 46.0 Å². The Morgan fingerprint density at radius 3 is 1.62 bits per heavy atom. The summed E-state index contributed by atoms with van der Waals surface area (Å²) in [6.45, 7) is 6.94. The lowest BCUT2D eigenvalue weighted by molar-refractivity contribution is 0.108. The fourth-order valence-electron chi connectivity index (χ4n) is 1.14. The molecule has 0 radical (unpaired) electrons. The second kappa shape index (κ2) is 29.3. The van der Waals surface area contributed by atoms with E-state index in [2.05, 4.69) is 25.8 Å². The lowest BCUT2D eigenvalue weighted by atomic mass is 10.1. The summed E-state index contributed by atoms with van der Waals surface area (Å²) >= 11 is 0. The fourth-order valence-corrected chi connectivity index (χ4v) is 1.14. The Morgan fingerprint density at radius 2 is 1.25 bits per heavy atom. The van der Waals surface area contributed by atoms with Crippen LogP contribution in [0.5, 0.6) is 0 Å². The third-order valence-electron chi connectivity index (χ3n) is 2.18. The molecule has 0 bridgehead atoms. The number of halogens is 5. The molecule has 0 N–H and O–H groups in total. The molecule has 16 heavy (non-hydrogen) atoms. The maximum absolute atomic E-state index is 8.00. The number of hydrogen-bond donors (Lipinski definition) is 0. The Balaban J connectivity index is -0.000000129. The van der Waals surface area contributed by atoms with Gasteiger partial charge in [-0.2, -0.15) is 0 Å². The van der Waals surface area contributed by atoms with Crippen molar-refractivity contribution in [3.05, 3.63) is 0 Å². The first-order valence-corrected chi connectivity index (χ1v) is 5.28. The van der Waals surface area contributed by atoms with Crippen molar-refractivity contribution in [2.24, 2.45) is 0 Å². The molecule has 0 atom stereocenters. The molecule has 1 nitrogen and oxygen atoms in total. The van der Waals surface area contributed by atoms with Gasteiger partial charge in [-0.3, -0.25) is 4.70 Å². The van der Waals surface area contributed by atoms with Gasteiger partial charge in [0.1, 0.15) is 0 Å². The summed E-state index contributed by atoms with van der Waals surface area (Å²) in [5.74, 6) is 0. The maximum atomic E-state index is 8.00. The molecule has 0 heterocycles. The standard InChI is InChI=1S/C10H23N.2F2.FH/c1-4-6-7-8-9-10-11(3)5-2;2*1-2;/h4-10H2,1-3H3;;;1H. The van der Waals surface area contributed by atoms with Crippen molar-refractivity contribution >= 4 is 0 Å². The second-order valence-electron chi connectivity index (χ2n) is 3.31. The van der Waals surface area contributed by atoms with E-state index in [0.717, 1.165) is 0 Å². The molecule has 0 aromatic carbocycles. The van der Waals surface area contributed by atoms with Crippen molar-refractivity contribution in [1.29, 1.82) is 0 Å². The van der Waals surface area contributed by atoms with Crippen LogP contribution in [-0.2, 0) is 0 Å². The zero-order valence-electron chi connectivity index (χ0n) is 10.3. The predicted molar refractivity (Wildman–Crippen MR) is 58.9 cm³/mol. The van der Waals surface area contributed by atoms with Gasteiger partial charge in [-0.15, -0.1) is 0 Å². The molecule has 6 heteroatoms. The normalized spacial score (nSPS) is 8.25. The van der Waals surface area contributed by atoms with Gasteiger partial charge in [-0.25, -0.2) is 0 Å². The Labute approximate surface area is 94.9 Å². The van der Waals surface area contributed by atoms with Crippen LogP contribution in [0.3, 0.4) is 0 Å². The minimum Gasteiger partial charge on any atom is -0.307 e. The van der Waals surface area contributed by atoms with E-state index in [4.69, 9.17) is 18.3 Å². The van der Waals surface area contributed by atoms with Crippen LogP contribution in [0.1, 0.15) is 46.0 Å². The second-order valence-corrected chi connectivity index (χ2v) is 3.31. The van der Waals surface area contributed by atoms with Gasteiger partial charge in [-0.05, 0) is 26.6 Å². The Hall–Kier alpha value is -0.390. The molecule has 0 rings (SSSR count). The van der Waals surface area contributed by atoms with E-state index in [-0.39, 0.29) is 4.70 Å². The maximum Gasteiger partial charge on any atom is 0 e. The molecule has 0 fully saturated rings. The highest BCUT2D eigenvalue weighted by Crippen LogP contribution is 2.02. The number of unbranched alkanes of at least 4 members (excludes halogenated alkanes) is 4. The van der Waals surface area contributed by atoms with Crippen molar-refractivity contribution < 1.29 is 23.0 Å². The third kappa shape index (κ3) is 29.2. The number of rotatable bonds is 7. The van der Waals surface area contributed by atoms with Crippen LogP contribution in [0.4, 0.5) is 23.0 Å². The fraction of sp³-hybridized carbons (Fsp3) is 1.00. The van der Waals surface area contributed by atoms with Crippen molar-refractivity contribution in [3.63, 3.8) is 0 Å². The molecular formula is C10H24F5N. The molecule has 0 aliphatic heterocycles. The number of nitrogens with zero attached hydrogens (tertiary/aromatic N) is 1. The van der Waals surface area contributed by atoms with Gasteiger partial charge in [0.15, 0.2) is 0 Å². The predicted octanol–water partition coefficient (Wildman–Crippen LogP) is 4.74. The molecule has 0 saturated heterocycles. The highest BCUT2D eigenvalue weighted by atomic mass is 20.0. The van der Waals surface area contributed by atoms with E-state index in [9.17, 15) is 0 Å².